The van der Waals surface area contributed by atoms with Gasteiger partial charge in [-0.3, -0.25) is 0 Å². The summed E-state index contributed by atoms with van der Waals surface area (Å²) in [5, 5.41) is 12.3. The number of nitro groups is 1. The van der Waals surface area contributed by atoms with Crippen LogP contribution in [0.25, 0.3) is 0 Å². The van der Waals surface area contributed by atoms with Gasteiger partial charge in [0.25, 0.3) is 0 Å². The first-order valence-electron chi connectivity index (χ1n) is 2.52. The van der Waals surface area contributed by atoms with Crippen molar-refractivity contribution in [1.29, 1.82) is 0 Å². The molecule has 1 heterocycles. The second kappa shape index (κ2) is 2.73. The number of aromatic amines is 1. The average Bonchev–Trinajstić information content (AvgIpc) is 2.36. The van der Waals surface area contributed by atoms with Gasteiger partial charge in [0.2, 0.25) is 5.82 Å². The van der Waals surface area contributed by atoms with Crippen LogP contribution >= 0.6 is 0 Å². The van der Waals surface area contributed by atoms with Gasteiger partial charge in [0.1, 0.15) is 0 Å². The summed E-state index contributed by atoms with van der Waals surface area (Å²) in [6.45, 7) is 0. The Kier molecular flexibility index (Phi) is 1.77. The third-order valence-electron chi connectivity index (χ3n) is 0.953. The zero-order valence-corrected chi connectivity index (χ0v) is 5.14. The fourth-order valence-electron chi connectivity index (χ4n) is 0.552. The van der Waals surface area contributed by atoms with Crippen molar-refractivity contribution in [2.45, 2.75) is 0 Å². The van der Waals surface area contributed by atoms with Crippen LogP contribution < -0.4 is 5.43 Å². The Bertz CT molecular complexity index is 280. The summed E-state index contributed by atoms with van der Waals surface area (Å²) in [7, 11) is 0. The molecule has 0 aliphatic heterocycles. The molecule has 0 aliphatic rings. The summed E-state index contributed by atoms with van der Waals surface area (Å²) in [6, 6.07) is 0. The molecule has 0 amide bonds. The summed E-state index contributed by atoms with van der Waals surface area (Å²) in [5.74, 6) is -0.574. The quantitative estimate of drug-likeness (QED) is 0.374. The number of hydrogen-bond donors (Lipinski definition) is 2. The number of imidazole rings is 1. The predicted octanol–water partition coefficient (Wildman–Crippen LogP) is 0.411. The third-order valence-corrected chi connectivity index (χ3v) is 0.953. The normalized spacial score (nSPS) is 9.09. The van der Waals surface area contributed by atoms with Gasteiger partial charge in [0, 0.05) is 0 Å². The molecule has 8 heteroatoms. The lowest BCUT2D eigenvalue weighted by atomic mass is 10.7. The van der Waals surface area contributed by atoms with Crippen LogP contribution in [0.5, 0.6) is 0 Å². The Balaban J connectivity index is 2.95. The van der Waals surface area contributed by atoms with Gasteiger partial charge in [-0.25, -0.2) is 10.4 Å². The van der Waals surface area contributed by atoms with Crippen LogP contribution in [-0.2, 0) is 0 Å². The van der Waals surface area contributed by atoms with Gasteiger partial charge >= 0.3 is 5.82 Å². The molecule has 0 saturated heterocycles. The van der Waals surface area contributed by atoms with Gasteiger partial charge < -0.3 is 10.1 Å². The maximum atomic E-state index is 10.1. The molecule has 0 aromatic carbocycles. The monoisotopic (exact) mass is 157 g/mol. The zero-order valence-electron chi connectivity index (χ0n) is 5.14. The SMILES string of the molecule is O=NNc1nc[nH]c1[N+](=O)[O-]. The molecule has 1 aromatic heterocycles. The second-order valence-electron chi connectivity index (χ2n) is 1.56. The van der Waals surface area contributed by atoms with Gasteiger partial charge in [0.05, 0.1) is 5.29 Å². The molecule has 0 bridgehead atoms. The number of H-pyrrole nitrogens is 1. The number of anilines is 1. The molecule has 0 spiro atoms. The summed E-state index contributed by atoms with van der Waals surface area (Å²) < 4.78 is 0. The topological polar surface area (TPSA) is 113 Å². The number of hydrogen-bond acceptors (Lipinski definition) is 5. The van der Waals surface area contributed by atoms with Crippen molar-refractivity contribution in [3.05, 3.63) is 21.3 Å². The Hall–Kier alpha value is -1.99. The number of rotatable bonds is 3. The van der Waals surface area contributed by atoms with Crippen molar-refractivity contribution in [2.75, 3.05) is 5.43 Å². The van der Waals surface area contributed by atoms with Crippen molar-refractivity contribution in [1.82, 2.24) is 9.97 Å². The highest BCUT2D eigenvalue weighted by atomic mass is 16.6. The highest BCUT2D eigenvalue weighted by Crippen LogP contribution is 2.17. The van der Waals surface area contributed by atoms with E-state index < -0.39 is 4.92 Å². The minimum absolute atomic E-state index is 0.190. The third kappa shape index (κ3) is 1.28. The second-order valence-corrected chi connectivity index (χ2v) is 1.56. The number of nitroso groups, excluding NO2 is 1. The van der Waals surface area contributed by atoms with Crippen molar-refractivity contribution >= 4 is 11.6 Å². The smallest absolute Gasteiger partial charge is 0.358 e. The Morgan fingerprint density at radius 2 is 2.55 bits per heavy atom. The van der Waals surface area contributed by atoms with Gasteiger partial charge in [-0.15, -0.1) is 4.91 Å². The Morgan fingerprint density at radius 3 is 3.09 bits per heavy atom. The Morgan fingerprint density at radius 1 is 1.82 bits per heavy atom. The van der Waals surface area contributed by atoms with Crippen LogP contribution in [0.15, 0.2) is 11.6 Å². The molecule has 58 valence electrons. The number of nitrogens with one attached hydrogen (secondary N) is 2. The molecule has 11 heavy (non-hydrogen) atoms. The van der Waals surface area contributed by atoms with Crippen LogP contribution in [0.3, 0.4) is 0 Å². The van der Waals surface area contributed by atoms with Crippen molar-refractivity contribution in [3.8, 4) is 0 Å². The fraction of sp³-hybridized carbons (Fsp3) is 0. The highest BCUT2D eigenvalue weighted by molar-refractivity contribution is 5.49. The van der Waals surface area contributed by atoms with E-state index in [1.54, 1.807) is 0 Å². The van der Waals surface area contributed by atoms with E-state index in [2.05, 4.69) is 15.3 Å². The lowest BCUT2D eigenvalue weighted by Gasteiger charge is -1.91. The summed E-state index contributed by atoms with van der Waals surface area (Å²) in [4.78, 5) is 24.7. The number of nitrogens with zero attached hydrogens (tertiary/aromatic N) is 3. The van der Waals surface area contributed by atoms with E-state index in [9.17, 15) is 15.0 Å². The van der Waals surface area contributed by atoms with Gasteiger partial charge in [0.15, 0.2) is 6.33 Å². The van der Waals surface area contributed by atoms with Crippen molar-refractivity contribution < 1.29 is 4.92 Å². The van der Waals surface area contributed by atoms with Crippen LogP contribution in [0.1, 0.15) is 0 Å². The molecule has 0 fully saturated rings. The molecule has 0 unspecified atom stereocenters. The minimum atomic E-state index is -0.708. The molecule has 8 nitrogen and oxygen atoms in total. The first-order chi connectivity index (χ1) is 5.25. The predicted molar refractivity (Wildman–Crippen MR) is 34.7 cm³/mol. The first-order valence-corrected chi connectivity index (χ1v) is 2.52. The Labute approximate surface area is 59.7 Å². The standard InChI is InChI=1S/C3H3N5O3/c9-7-6-2-3(8(10)11)5-1-4-2/h1H,(H,4,5)(H,6,9). The molecular formula is C3H3N5O3. The fourth-order valence-corrected chi connectivity index (χ4v) is 0.552. The molecule has 0 atom stereocenters. The lowest BCUT2D eigenvalue weighted by molar-refractivity contribution is -0.388. The van der Waals surface area contributed by atoms with Crippen LogP contribution in [0.2, 0.25) is 0 Å². The molecule has 1 aromatic rings. The molecular weight excluding hydrogens is 154 g/mol. The maximum Gasteiger partial charge on any atom is 0.366 e. The van der Waals surface area contributed by atoms with E-state index in [0.29, 0.717) is 0 Å². The maximum absolute atomic E-state index is 10.1. The van der Waals surface area contributed by atoms with Crippen molar-refractivity contribution in [3.63, 3.8) is 0 Å². The largest absolute Gasteiger partial charge is 0.366 e. The average molecular weight is 157 g/mol. The van der Waals surface area contributed by atoms with E-state index in [1.807, 2.05) is 5.43 Å². The van der Waals surface area contributed by atoms with E-state index in [0.717, 1.165) is 6.33 Å². The lowest BCUT2D eigenvalue weighted by Crippen LogP contribution is -1.93. The van der Waals surface area contributed by atoms with E-state index in [4.69, 9.17) is 0 Å². The van der Waals surface area contributed by atoms with Crippen molar-refractivity contribution in [2.24, 2.45) is 5.29 Å². The van der Waals surface area contributed by atoms with E-state index >= 15 is 0 Å². The van der Waals surface area contributed by atoms with Crippen LogP contribution in [-0.4, -0.2) is 14.9 Å². The summed E-state index contributed by atoms with van der Waals surface area (Å²) in [6.07, 6.45) is 1.09. The first kappa shape index (κ1) is 7.12. The summed E-state index contributed by atoms with van der Waals surface area (Å²) >= 11 is 0. The van der Waals surface area contributed by atoms with E-state index in [-0.39, 0.29) is 11.6 Å². The minimum Gasteiger partial charge on any atom is -0.358 e. The van der Waals surface area contributed by atoms with Gasteiger partial charge in [-0.05, 0) is 4.92 Å². The summed E-state index contributed by atoms with van der Waals surface area (Å²) in [5.41, 5.74) is 1.82. The zero-order chi connectivity index (χ0) is 8.27. The van der Waals surface area contributed by atoms with Crippen LogP contribution in [0, 0.1) is 15.0 Å². The van der Waals surface area contributed by atoms with Crippen LogP contribution in [0.4, 0.5) is 11.6 Å². The van der Waals surface area contributed by atoms with Gasteiger partial charge in [-0.2, -0.15) is 4.98 Å². The molecule has 0 saturated carbocycles. The van der Waals surface area contributed by atoms with E-state index in [1.165, 1.54) is 0 Å². The molecule has 2 N–H and O–H groups in total. The number of aromatic nitrogens is 2. The van der Waals surface area contributed by atoms with Gasteiger partial charge in [-0.1, -0.05) is 0 Å². The molecule has 0 radical (unpaired) electrons. The molecule has 0 aliphatic carbocycles. The highest BCUT2D eigenvalue weighted by Gasteiger charge is 2.14. The molecule has 1 rings (SSSR count).